The van der Waals surface area contributed by atoms with Crippen LogP contribution in [0.25, 0.3) is 0 Å². The minimum atomic E-state index is 0.537. The van der Waals surface area contributed by atoms with E-state index in [4.69, 9.17) is 0 Å². The first-order valence-electron chi connectivity index (χ1n) is 14.4. The summed E-state index contributed by atoms with van der Waals surface area (Å²) in [6, 6.07) is 2.40. The number of rotatable bonds is 1. The lowest BCUT2D eigenvalue weighted by Gasteiger charge is -2.58. The van der Waals surface area contributed by atoms with E-state index in [0.717, 1.165) is 47.7 Å². The summed E-state index contributed by atoms with van der Waals surface area (Å²) < 4.78 is 0. The van der Waals surface area contributed by atoms with Gasteiger partial charge >= 0.3 is 0 Å². The normalized spacial score (nSPS) is 51.4. The van der Waals surface area contributed by atoms with Crippen LogP contribution in [0.4, 0.5) is 0 Å². The second-order valence-electron chi connectivity index (χ2n) is 14.3. The van der Waals surface area contributed by atoms with Gasteiger partial charge in [-0.2, -0.15) is 0 Å². The van der Waals surface area contributed by atoms with Crippen LogP contribution in [0.1, 0.15) is 92.4 Å². The van der Waals surface area contributed by atoms with Crippen LogP contribution in [0.2, 0.25) is 0 Å². The fourth-order valence-electron chi connectivity index (χ4n) is 10.9. The Labute approximate surface area is 204 Å². The van der Waals surface area contributed by atoms with Crippen molar-refractivity contribution in [2.75, 3.05) is 20.6 Å². The third-order valence-corrected chi connectivity index (χ3v) is 12.6. The van der Waals surface area contributed by atoms with Crippen LogP contribution in [0.15, 0.2) is 22.8 Å². The molecule has 0 N–H and O–H groups in total. The molecule has 0 aromatic carbocycles. The molecule has 10 atom stereocenters. The van der Waals surface area contributed by atoms with Crippen molar-refractivity contribution < 1.29 is 0 Å². The topological polar surface area (TPSA) is 6.48 Å². The zero-order chi connectivity index (χ0) is 23.3. The van der Waals surface area contributed by atoms with Gasteiger partial charge in [-0.05, 0) is 126 Å². The summed E-state index contributed by atoms with van der Waals surface area (Å²) in [5, 5.41) is 0. The highest BCUT2D eigenvalue weighted by Gasteiger charge is 2.63. The van der Waals surface area contributed by atoms with Crippen molar-refractivity contribution in [1.29, 1.82) is 0 Å². The van der Waals surface area contributed by atoms with E-state index < -0.39 is 0 Å². The number of piperidine rings is 1. The molecule has 2 nitrogen and oxygen atoms in total. The molecule has 4 aliphatic carbocycles. The highest BCUT2D eigenvalue weighted by Crippen LogP contribution is 2.69. The van der Waals surface area contributed by atoms with E-state index in [9.17, 15) is 0 Å². The molecule has 2 heterocycles. The molecule has 0 spiro atoms. The van der Waals surface area contributed by atoms with Crippen LogP contribution in [-0.4, -0.2) is 48.6 Å². The van der Waals surface area contributed by atoms with Crippen molar-refractivity contribution in [2.24, 2.45) is 40.4 Å². The van der Waals surface area contributed by atoms with E-state index in [1.165, 1.54) is 64.3 Å². The Morgan fingerprint density at radius 3 is 2.48 bits per heavy atom. The molecular formula is C31H50N2. The second-order valence-corrected chi connectivity index (χ2v) is 14.3. The van der Waals surface area contributed by atoms with Crippen molar-refractivity contribution in [3.05, 3.63) is 22.8 Å². The first kappa shape index (κ1) is 22.8. The van der Waals surface area contributed by atoms with Crippen molar-refractivity contribution in [3.8, 4) is 0 Å². The molecule has 6 rings (SSSR count). The summed E-state index contributed by atoms with van der Waals surface area (Å²) in [6.07, 6.45) is 15.6. The maximum absolute atomic E-state index is 3.02. The van der Waals surface area contributed by atoms with Gasteiger partial charge in [0.1, 0.15) is 0 Å². The summed E-state index contributed by atoms with van der Waals surface area (Å²) in [6.45, 7) is 14.1. The molecule has 33 heavy (non-hydrogen) atoms. The Kier molecular flexibility index (Phi) is 5.33. The lowest BCUT2D eigenvalue weighted by Crippen LogP contribution is -2.54. The van der Waals surface area contributed by atoms with Crippen molar-refractivity contribution in [1.82, 2.24) is 9.80 Å². The molecule has 10 unspecified atom stereocenters. The van der Waals surface area contributed by atoms with Crippen LogP contribution in [0, 0.1) is 40.4 Å². The van der Waals surface area contributed by atoms with Gasteiger partial charge in [0.2, 0.25) is 0 Å². The predicted molar refractivity (Wildman–Crippen MR) is 139 cm³/mol. The van der Waals surface area contributed by atoms with E-state index in [0.29, 0.717) is 10.8 Å². The fraction of sp³-hybridized carbons (Fsp3) is 0.871. The van der Waals surface area contributed by atoms with E-state index in [1.54, 1.807) is 11.1 Å². The standard InChI is InChI=1S/C31H50N2/c1-19(2)23-12-15-33-27(23)16-20(3)29-28(33)18-26-24-9-8-21-17-22(32(6)7)10-13-30(21,4)25(24)11-14-31(26,29)5/h9,20-22,25-29H,8,10-18H2,1-7H3. The number of hydrogen-bond donors (Lipinski definition) is 0. The molecule has 0 aromatic heterocycles. The minimum Gasteiger partial charge on any atom is -0.306 e. The molecule has 3 saturated carbocycles. The number of nitrogens with zero attached hydrogens (tertiary/aromatic N) is 2. The molecule has 5 fully saturated rings. The van der Waals surface area contributed by atoms with Crippen molar-refractivity contribution in [3.63, 3.8) is 0 Å². The van der Waals surface area contributed by atoms with Gasteiger partial charge in [0.25, 0.3) is 0 Å². The maximum atomic E-state index is 3.02. The molecule has 0 amide bonds. The minimum absolute atomic E-state index is 0.537. The molecule has 0 bridgehead atoms. The van der Waals surface area contributed by atoms with E-state index in [1.807, 2.05) is 5.57 Å². The van der Waals surface area contributed by atoms with Gasteiger partial charge in [-0.25, -0.2) is 0 Å². The van der Waals surface area contributed by atoms with Crippen LogP contribution >= 0.6 is 0 Å². The number of fused-ring (bicyclic) bond motifs is 9. The van der Waals surface area contributed by atoms with Crippen molar-refractivity contribution in [2.45, 2.75) is 111 Å². The smallest absolute Gasteiger partial charge is 0.0316 e. The third kappa shape index (κ3) is 3.11. The monoisotopic (exact) mass is 450 g/mol. The average molecular weight is 451 g/mol. The number of allylic oxidation sites excluding steroid dienone is 3. The SMILES string of the molecule is CC(C)=C1CCN2C1CC(C)C1C2CC2C3=CCC4CC(N(C)C)CCC4(C)C3CCC21C. The first-order chi connectivity index (χ1) is 15.6. The Morgan fingerprint density at radius 1 is 1.00 bits per heavy atom. The van der Waals surface area contributed by atoms with Crippen molar-refractivity contribution >= 4 is 0 Å². The number of hydrogen-bond acceptors (Lipinski definition) is 2. The first-order valence-corrected chi connectivity index (χ1v) is 14.4. The Morgan fingerprint density at radius 2 is 1.76 bits per heavy atom. The molecule has 2 heteroatoms. The summed E-state index contributed by atoms with van der Waals surface area (Å²) in [4.78, 5) is 5.52. The van der Waals surface area contributed by atoms with Crippen LogP contribution in [-0.2, 0) is 0 Å². The van der Waals surface area contributed by atoms with E-state index >= 15 is 0 Å². The fourth-order valence-corrected chi connectivity index (χ4v) is 10.9. The maximum Gasteiger partial charge on any atom is 0.0316 e. The van der Waals surface area contributed by atoms with Gasteiger partial charge in [-0.3, -0.25) is 4.90 Å². The Bertz CT molecular complexity index is 864. The van der Waals surface area contributed by atoms with Gasteiger partial charge < -0.3 is 4.90 Å². The molecule has 2 aliphatic heterocycles. The molecule has 6 aliphatic rings. The van der Waals surface area contributed by atoms with Gasteiger partial charge in [0.15, 0.2) is 0 Å². The molecular weight excluding hydrogens is 400 g/mol. The van der Waals surface area contributed by atoms with Gasteiger partial charge in [0.05, 0.1) is 0 Å². The molecule has 0 aromatic rings. The highest BCUT2D eigenvalue weighted by atomic mass is 15.2. The molecule has 0 radical (unpaired) electrons. The second kappa shape index (κ2) is 7.70. The van der Waals surface area contributed by atoms with Crippen LogP contribution < -0.4 is 0 Å². The average Bonchev–Trinajstić information content (AvgIpc) is 3.32. The van der Waals surface area contributed by atoms with Crippen LogP contribution in [0.5, 0.6) is 0 Å². The third-order valence-electron chi connectivity index (χ3n) is 12.6. The van der Waals surface area contributed by atoms with Gasteiger partial charge in [0, 0.05) is 24.7 Å². The van der Waals surface area contributed by atoms with E-state index in [-0.39, 0.29) is 0 Å². The zero-order valence-electron chi connectivity index (χ0n) is 22.7. The summed E-state index contributed by atoms with van der Waals surface area (Å²) in [7, 11) is 4.61. The summed E-state index contributed by atoms with van der Waals surface area (Å²) >= 11 is 0. The largest absolute Gasteiger partial charge is 0.306 e. The Hall–Kier alpha value is -0.600. The lowest BCUT2D eigenvalue weighted by atomic mass is 9.47. The Balaban J connectivity index is 1.32. The molecule has 2 saturated heterocycles. The highest BCUT2D eigenvalue weighted by molar-refractivity contribution is 5.32. The summed E-state index contributed by atoms with van der Waals surface area (Å²) in [5.74, 6) is 4.41. The quantitative estimate of drug-likeness (QED) is 0.400. The van der Waals surface area contributed by atoms with Gasteiger partial charge in [-0.1, -0.05) is 43.6 Å². The summed E-state index contributed by atoms with van der Waals surface area (Å²) in [5.41, 5.74) is 6.45. The molecule has 184 valence electrons. The van der Waals surface area contributed by atoms with Gasteiger partial charge in [-0.15, -0.1) is 0 Å². The van der Waals surface area contributed by atoms with E-state index in [2.05, 4.69) is 64.6 Å². The van der Waals surface area contributed by atoms with Crippen LogP contribution in [0.3, 0.4) is 0 Å². The lowest BCUT2D eigenvalue weighted by molar-refractivity contribution is -0.0383. The zero-order valence-corrected chi connectivity index (χ0v) is 22.7. The predicted octanol–water partition coefficient (Wildman–Crippen LogP) is 6.92.